The lowest BCUT2D eigenvalue weighted by atomic mass is 10.1. The van der Waals surface area contributed by atoms with Crippen molar-refractivity contribution >= 4 is 46.3 Å². The Morgan fingerprint density at radius 2 is 2.07 bits per heavy atom. The Balaban J connectivity index is 1.80. The van der Waals surface area contributed by atoms with E-state index in [1.165, 1.54) is 7.11 Å². The van der Waals surface area contributed by atoms with Gasteiger partial charge in [0, 0.05) is 12.1 Å². The van der Waals surface area contributed by atoms with Crippen LogP contribution in [-0.2, 0) is 0 Å². The molecule has 0 saturated heterocycles. The maximum atomic E-state index is 12.7. The number of hydrogen-bond acceptors (Lipinski definition) is 5. The summed E-state index contributed by atoms with van der Waals surface area (Å²) in [6.07, 6.45) is 2.29. The number of aliphatic imine (C=N–C) groups is 1. The van der Waals surface area contributed by atoms with Gasteiger partial charge in [0.15, 0.2) is 0 Å². The van der Waals surface area contributed by atoms with E-state index in [1.54, 1.807) is 6.07 Å². The number of nitrogens with two attached hydrogens (primary N) is 1. The van der Waals surface area contributed by atoms with Crippen LogP contribution in [0, 0.1) is 5.92 Å². The smallest absolute Gasteiger partial charge is 0.253 e. The lowest BCUT2D eigenvalue weighted by molar-refractivity contribution is 0.0951. The molecule has 1 saturated carbocycles. The zero-order valence-corrected chi connectivity index (χ0v) is 16.8. The van der Waals surface area contributed by atoms with E-state index in [-0.39, 0.29) is 17.6 Å². The number of nitrogens with zero attached hydrogens (tertiary/aromatic N) is 2. The zero-order valence-electron chi connectivity index (χ0n) is 15.3. The third-order valence-electron chi connectivity index (χ3n) is 4.98. The Morgan fingerprint density at radius 1 is 1.32 bits per heavy atom. The predicted octanol–water partition coefficient (Wildman–Crippen LogP) is 3.96. The second kappa shape index (κ2) is 7.53. The van der Waals surface area contributed by atoms with Gasteiger partial charge < -0.3 is 20.7 Å². The van der Waals surface area contributed by atoms with Gasteiger partial charge in [-0.1, -0.05) is 35.3 Å². The molecule has 6 nitrogen and oxygen atoms in total. The molecular weight excluding hydrogens is 399 g/mol. The average molecular weight is 419 g/mol. The molecule has 0 radical (unpaired) electrons. The summed E-state index contributed by atoms with van der Waals surface area (Å²) in [7, 11) is 1.51. The van der Waals surface area contributed by atoms with E-state index in [0.717, 1.165) is 24.1 Å². The lowest BCUT2D eigenvalue weighted by Gasteiger charge is -2.31. The van der Waals surface area contributed by atoms with Crippen LogP contribution in [0.25, 0.3) is 0 Å². The number of ether oxygens (including phenoxy) is 1. The number of nitrogens with one attached hydrogen (secondary N) is 1. The highest BCUT2D eigenvalue weighted by Gasteiger charge is 2.29. The number of benzene rings is 2. The molecular formula is C20H20Cl2N4O2. The van der Waals surface area contributed by atoms with E-state index in [2.05, 4.69) is 10.3 Å². The number of carbonyl (C=O) groups excluding carboxylic acids is 1. The Kier molecular flexibility index (Phi) is 5.08. The summed E-state index contributed by atoms with van der Waals surface area (Å²) < 4.78 is 5.41. The summed E-state index contributed by atoms with van der Waals surface area (Å²) in [5, 5.41) is 3.51. The van der Waals surface area contributed by atoms with Crippen molar-refractivity contribution in [2.24, 2.45) is 16.6 Å². The first-order valence-electron chi connectivity index (χ1n) is 9.02. The minimum absolute atomic E-state index is 0.235. The van der Waals surface area contributed by atoms with E-state index in [9.17, 15) is 4.79 Å². The molecule has 1 amide bonds. The molecule has 1 aliphatic carbocycles. The van der Waals surface area contributed by atoms with Crippen molar-refractivity contribution < 1.29 is 9.53 Å². The number of amidine groups is 1. The monoisotopic (exact) mass is 418 g/mol. The topological polar surface area (TPSA) is 80.0 Å². The number of halogens is 2. The number of rotatable bonds is 5. The van der Waals surface area contributed by atoms with Gasteiger partial charge in [0.2, 0.25) is 0 Å². The summed E-state index contributed by atoms with van der Waals surface area (Å²) in [6.45, 7) is 0.876. The number of carbonyl (C=O) groups is 1. The number of fused-ring (bicyclic) bond motifs is 1. The first-order valence-corrected chi connectivity index (χ1v) is 9.78. The van der Waals surface area contributed by atoms with Crippen LogP contribution in [0.2, 0.25) is 10.0 Å². The number of hydrogen-bond donors (Lipinski definition) is 2. The summed E-state index contributed by atoms with van der Waals surface area (Å²) >= 11 is 13.3. The van der Waals surface area contributed by atoms with Gasteiger partial charge in [0.25, 0.3) is 5.91 Å². The third kappa shape index (κ3) is 3.38. The first-order chi connectivity index (χ1) is 13.5. The van der Waals surface area contributed by atoms with Crippen LogP contribution < -0.4 is 20.7 Å². The zero-order chi connectivity index (χ0) is 19.8. The van der Waals surface area contributed by atoms with Gasteiger partial charge in [-0.25, -0.2) is 4.99 Å². The van der Waals surface area contributed by atoms with Crippen molar-refractivity contribution in [3.63, 3.8) is 0 Å². The van der Waals surface area contributed by atoms with Crippen molar-refractivity contribution in [1.29, 1.82) is 0 Å². The molecule has 4 rings (SSSR count). The minimum atomic E-state index is -0.249. The van der Waals surface area contributed by atoms with Crippen molar-refractivity contribution in [2.45, 2.75) is 12.8 Å². The standard InChI is InChI=1S/C20H20Cl2N4O2/c1-28-15-8-13(20(27)24-9-11-6-7-11)16(21)18(17(15)22)26-10-25-19(23)12-4-2-3-5-14(12)26/h2-5,8,11H,6-7,9-10H2,1H3,(H2,23,25)(H,24,27). The first kappa shape index (κ1) is 18.9. The molecule has 2 aromatic rings. The molecule has 0 aromatic heterocycles. The summed E-state index contributed by atoms with van der Waals surface area (Å²) in [4.78, 5) is 19.0. The van der Waals surface area contributed by atoms with Gasteiger partial charge in [-0.15, -0.1) is 0 Å². The Bertz CT molecular complexity index is 973. The molecule has 0 unspecified atom stereocenters. The highest BCUT2D eigenvalue weighted by molar-refractivity contribution is 6.42. The van der Waals surface area contributed by atoms with Crippen LogP contribution in [0.4, 0.5) is 11.4 Å². The van der Waals surface area contributed by atoms with Gasteiger partial charge in [0.1, 0.15) is 23.3 Å². The van der Waals surface area contributed by atoms with Crippen molar-refractivity contribution in [1.82, 2.24) is 5.32 Å². The summed E-state index contributed by atoms with van der Waals surface area (Å²) in [6, 6.07) is 9.15. The number of anilines is 2. The molecule has 0 spiro atoms. The van der Waals surface area contributed by atoms with Gasteiger partial charge in [0.05, 0.1) is 29.1 Å². The molecule has 1 fully saturated rings. The summed E-state index contributed by atoms with van der Waals surface area (Å²) in [5.41, 5.74) is 8.43. The highest BCUT2D eigenvalue weighted by Crippen LogP contribution is 2.46. The van der Waals surface area contributed by atoms with E-state index < -0.39 is 0 Å². The molecule has 8 heteroatoms. The van der Waals surface area contributed by atoms with E-state index in [4.69, 9.17) is 33.7 Å². The molecule has 0 atom stereocenters. The fourth-order valence-corrected chi connectivity index (χ4v) is 3.94. The number of amides is 1. The van der Waals surface area contributed by atoms with Crippen LogP contribution in [0.5, 0.6) is 5.75 Å². The van der Waals surface area contributed by atoms with Crippen molar-refractivity contribution in [2.75, 3.05) is 25.2 Å². The Morgan fingerprint density at radius 3 is 2.79 bits per heavy atom. The van der Waals surface area contributed by atoms with E-state index in [0.29, 0.717) is 40.3 Å². The minimum Gasteiger partial charge on any atom is -0.495 e. The Labute approximate surface area is 173 Å². The average Bonchev–Trinajstić information content (AvgIpc) is 3.53. The third-order valence-corrected chi connectivity index (χ3v) is 5.73. The highest BCUT2D eigenvalue weighted by atomic mass is 35.5. The normalized spacial score (nSPS) is 15.7. The van der Waals surface area contributed by atoms with Crippen LogP contribution in [-0.4, -0.2) is 32.1 Å². The maximum absolute atomic E-state index is 12.7. The molecule has 1 heterocycles. The van der Waals surface area contributed by atoms with Crippen molar-refractivity contribution in [3.05, 3.63) is 51.5 Å². The number of methoxy groups -OCH3 is 1. The molecule has 2 aromatic carbocycles. The maximum Gasteiger partial charge on any atom is 0.253 e. The van der Waals surface area contributed by atoms with E-state index in [1.807, 2.05) is 29.2 Å². The van der Waals surface area contributed by atoms with Gasteiger partial charge in [-0.2, -0.15) is 0 Å². The van der Waals surface area contributed by atoms with Crippen LogP contribution in [0.3, 0.4) is 0 Å². The van der Waals surface area contributed by atoms with Gasteiger partial charge in [-0.05, 0) is 37.0 Å². The largest absolute Gasteiger partial charge is 0.495 e. The molecule has 0 bridgehead atoms. The predicted molar refractivity (Wildman–Crippen MR) is 112 cm³/mol. The second-order valence-electron chi connectivity index (χ2n) is 6.89. The quantitative estimate of drug-likeness (QED) is 0.769. The molecule has 1 aliphatic heterocycles. The van der Waals surface area contributed by atoms with Crippen LogP contribution in [0.15, 0.2) is 35.3 Å². The fourth-order valence-electron chi connectivity index (χ4n) is 3.23. The van der Waals surface area contributed by atoms with Crippen LogP contribution in [0.1, 0.15) is 28.8 Å². The molecule has 2 aliphatic rings. The van der Waals surface area contributed by atoms with Gasteiger partial charge in [-0.3, -0.25) is 4.79 Å². The fraction of sp³-hybridized carbons (Fsp3) is 0.300. The molecule has 146 valence electrons. The summed E-state index contributed by atoms with van der Waals surface area (Å²) in [5.74, 6) is 1.13. The van der Waals surface area contributed by atoms with Gasteiger partial charge >= 0.3 is 0 Å². The van der Waals surface area contributed by atoms with E-state index >= 15 is 0 Å². The van der Waals surface area contributed by atoms with Crippen molar-refractivity contribution in [3.8, 4) is 5.75 Å². The molecule has 3 N–H and O–H groups in total. The SMILES string of the molecule is COc1cc(C(=O)NCC2CC2)c(Cl)c(N2CN=C(N)c3ccccc32)c1Cl. The Hall–Kier alpha value is -2.44. The second-order valence-corrected chi connectivity index (χ2v) is 7.64. The lowest BCUT2D eigenvalue weighted by Crippen LogP contribution is -2.30. The number of para-hydroxylation sites is 1. The molecule has 28 heavy (non-hydrogen) atoms. The van der Waals surface area contributed by atoms with Crippen LogP contribution >= 0.6 is 23.2 Å².